The average Bonchev–Trinajstić information content (AvgIpc) is 2.50. The van der Waals surface area contributed by atoms with Crippen molar-refractivity contribution in [2.24, 2.45) is 0 Å². The molecule has 0 radical (unpaired) electrons. The van der Waals surface area contributed by atoms with Crippen LogP contribution in [0.4, 0.5) is 0 Å². The summed E-state index contributed by atoms with van der Waals surface area (Å²) in [5.74, 6) is 0.471. The molecule has 0 unspecified atom stereocenters. The average molecular weight is 348 g/mol. The van der Waals surface area contributed by atoms with Crippen LogP contribution in [0.5, 0.6) is 11.5 Å². The number of rotatable bonds is 2. The van der Waals surface area contributed by atoms with Crippen molar-refractivity contribution >= 4 is 21.8 Å². The number of phenolic OH excluding ortho intramolecular Hbond substituents is 1. The minimum Gasteiger partial charge on any atom is -0.507 e. The van der Waals surface area contributed by atoms with Gasteiger partial charge >= 0.3 is 0 Å². The number of ether oxygens (including phenoxy) is 1. The second-order valence-corrected chi connectivity index (χ2v) is 5.78. The molecule has 0 aliphatic carbocycles. The number of aromatic hydroxyl groups is 1. The number of halogens is 1. The Balaban J connectivity index is 1.84. The molecule has 1 aliphatic heterocycles. The molecule has 0 saturated heterocycles. The first-order chi connectivity index (χ1) is 10.1. The Kier molecular flexibility index (Phi) is 3.84. The molecule has 0 saturated carbocycles. The van der Waals surface area contributed by atoms with Crippen molar-refractivity contribution < 1.29 is 14.6 Å². The van der Waals surface area contributed by atoms with Gasteiger partial charge in [-0.1, -0.05) is 34.1 Å². The predicted molar refractivity (Wildman–Crippen MR) is 82.6 cm³/mol. The lowest BCUT2D eigenvalue weighted by atomic mass is 10.00. The number of carbonyl (C=O) groups is 1. The second kappa shape index (κ2) is 5.77. The predicted octanol–water partition coefficient (Wildman–Crippen LogP) is 3.41. The van der Waals surface area contributed by atoms with Gasteiger partial charge in [0.15, 0.2) is 0 Å². The number of para-hydroxylation sites is 1. The van der Waals surface area contributed by atoms with Crippen LogP contribution in [0.1, 0.15) is 28.4 Å². The summed E-state index contributed by atoms with van der Waals surface area (Å²) in [4.78, 5) is 12.4. The van der Waals surface area contributed by atoms with Gasteiger partial charge in [-0.2, -0.15) is 0 Å². The first-order valence-electron chi connectivity index (χ1n) is 6.66. The number of carbonyl (C=O) groups excluding carboxylic acids is 1. The first-order valence-corrected chi connectivity index (χ1v) is 7.45. The molecule has 0 bridgehead atoms. The van der Waals surface area contributed by atoms with Crippen molar-refractivity contribution in [3.63, 3.8) is 0 Å². The summed E-state index contributed by atoms with van der Waals surface area (Å²) in [6, 6.07) is 12.3. The zero-order valence-corrected chi connectivity index (χ0v) is 12.8. The lowest BCUT2D eigenvalue weighted by molar-refractivity contribution is 0.0922. The highest BCUT2D eigenvalue weighted by molar-refractivity contribution is 9.10. The summed E-state index contributed by atoms with van der Waals surface area (Å²) < 4.78 is 6.32. The lowest BCUT2D eigenvalue weighted by Gasteiger charge is -2.26. The van der Waals surface area contributed by atoms with Gasteiger partial charge in [0.2, 0.25) is 0 Å². The molecule has 0 aromatic heterocycles. The third-order valence-electron chi connectivity index (χ3n) is 3.47. The molecule has 1 amide bonds. The molecule has 2 aromatic rings. The second-order valence-electron chi connectivity index (χ2n) is 4.86. The van der Waals surface area contributed by atoms with Crippen LogP contribution in [-0.4, -0.2) is 17.6 Å². The van der Waals surface area contributed by atoms with Crippen LogP contribution in [0.25, 0.3) is 0 Å². The van der Waals surface area contributed by atoms with Gasteiger partial charge in [-0.15, -0.1) is 0 Å². The Morgan fingerprint density at radius 2 is 2.10 bits per heavy atom. The number of nitrogens with one attached hydrogen (secondary N) is 1. The monoisotopic (exact) mass is 347 g/mol. The highest BCUT2D eigenvalue weighted by atomic mass is 79.9. The molecule has 5 heteroatoms. The van der Waals surface area contributed by atoms with Gasteiger partial charge < -0.3 is 15.2 Å². The fourth-order valence-electron chi connectivity index (χ4n) is 2.42. The Bertz CT molecular complexity index is 687. The van der Waals surface area contributed by atoms with E-state index in [1.54, 1.807) is 12.1 Å². The fourth-order valence-corrected chi connectivity index (χ4v) is 2.78. The van der Waals surface area contributed by atoms with E-state index in [2.05, 4.69) is 21.2 Å². The van der Waals surface area contributed by atoms with Crippen LogP contribution in [0.3, 0.4) is 0 Å². The quantitative estimate of drug-likeness (QED) is 0.875. The fraction of sp³-hybridized carbons (Fsp3) is 0.188. The minimum atomic E-state index is -0.296. The van der Waals surface area contributed by atoms with Gasteiger partial charge in [0.1, 0.15) is 11.5 Å². The molecule has 3 rings (SSSR count). The Morgan fingerprint density at radius 1 is 1.29 bits per heavy atom. The standard InChI is InChI=1S/C16H14BrNO3/c17-10-5-6-14(19)12(9-10)16(20)18-13-7-8-21-15-4-2-1-3-11(13)15/h1-6,9,13,19H,7-8H2,(H,18,20)/t13-/m0/s1. The topological polar surface area (TPSA) is 58.6 Å². The van der Waals surface area contributed by atoms with Gasteiger partial charge in [0.25, 0.3) is 5.91 Å². The van der Waals surface area contributed by atoms with Crippen molar-refractivity contribution in [1.82, 2.24) is 5.32 Å². The van der Waals surface area contributed by atoms with E-state index in [4.69, 9.17) is 4.74 Å². The van der Waals surface area contributed by atoms with E-state index in [1.807, 2.05) is 24.3 Å². The number of hydrogen-bond donors (Lipinski definition) is 2. The van der Waals surface area contributed by atoms with E-state index in [1.165, 1.54) is 6.07 Å². The van der Waals surface area contributed by atoms with Gasteiger partial charge in [0, 0.05) is 16.5 Å². The van der Waals surface area contributed by atoms with E-state index >= 15 is 0 Å². The maximum absolute atomic E-state index is 12.4. The largest absolute Gasteiger partial charge is 0.507 e. The molecule has 1 aliphatic rings. The van der Waals surface area contributed by atoms with Gasteiger partial charge in [-0.05, 0) is 24.3 Å². The van der Waals surface area contributed by atoms with Crippen LogP contribution < -0.4 is 10.1 Å². The number of hydrogen-bond acceptors (Lipinski definition) is 3. The zero-order valence-electron chi connectivity index (χ0n) is 11.2. The Morgan fingerprint density at radius 3 is 2.95 bits per heavy atom. The van der Waals surface area contributed by atoms with Gasteiger partial charge in [-0.3, -0.25) is 4.79 Å². The Labute approximate surface area is 130 Å². The molecule has 4 nitrogen and oxygen atoms in total. The molecule has 0 fully saturated rings. The van der Waals surface area contributed by atoms with Crippen LogP contribution >= 0.6 is 15.9 Å². The van der Waals surface area contributed by atoms with Crippen LogP contribution in [0.15, 0.2) is 46.9 Å². The minimum absolute atomic E-state index is 0.0314. The van der Waals surface area contributed by atoms with E-state index < -0.39 is 0 Å². The van der Waals surface area contributed by atoms with E-state index in [0.29, 0.717) is 13.0 Å². The number of phenols is 1. The number of benzene rings is 2. The lowest BCUT2D eigenvalue weighted by Crippen LogP contribution is -2.32. The number of fused-ring (bicyclic) bond motifs is 1. The zero-order chi connectivity index (χ0) is 14.8. The van der Waals surface area contributed by atoms with E-state index in [0.717, 1.165) is 15.8 Å². The number of amides is 1. The van der Waals surface area contributed by atoms with Crippen molar-refractivity contribution in [1.29, 1.82) is 0 Å². The summed E-state index contributed by atoms with van der Waals surface area (Å²) in [7, 11) is 0. The molecular weight excluding hydrogens is 334 g/mol. The van der Waals surface area contributed by atoms with Gasteiger partial charge in [-0.25, -0.2) is 0 Å². The van der Waals surface area contributed by atoms with Crippen molar-refractivity contribution in [2.75, 3.05) is 6.61 Å². The van der Waals surface area contributed by atoms with Crippen LogP contribution in [0.2, 0.25) is 0 Å². The molecule has 2 aromatic carbocycles. The summed E-state index contributed by atoms with van der Waals surface area (Å²) in [6.07, 6.45) is 0.706. The van der Waals surface area contributed by atoms with Crippen LogP contribution in [-0.2, 0) is 0 Å². The molecular formula is C16H14BrNO3. The SMILES string of the molecule is O=C(N[C@H]1CCOc2ccccc21)c1cc(Br)ccc1O. The molecule has 0 spiro atoms. The highest BCUT2D eigenvalue weighted by Gasteiger charge is 2.24. The summed E-state index contributed by atoms with van der Waals surface area (Å²) in [5, 5.41) is 12.8. The smallest absolute Gasteiger partial charge is 0.255 e. The highest BCUT2D eigenvalue weighted by Crippen LogP contribution is 2.32. The van der Waals surface area contributed by atoms with Crippen molar-refractivity contribution in [3.8, 4) is 11.5 Å². The van der Waals surface area contributed by atoms with E-state index in [-0.39, 0.29) is 23.3 Å². The maximum Gasteiger partial charge on any atom is 0.255 e. The maximum atomic E-state index is 12.4. The molecule has 21 heavy (non-hydrogen) atoms. The third-order valence-corrected chi connectivity index (χ3v) is 3.96. The van der Waals surface area contributed by atoms with E-state index in [9.17, 15) is 9.90 Å². The first kappa shape index (κ1) is 13.9. The Hall–Kier alpha value is -2.01. The molecule has 108 valence electrons. The van der Waals surface area contributed by atoms with Crippen LogP contribution in [0, 0.1) is 0 Å². The van der Waals surface area contributed by atoms with Crippen molar-refractivity contribution in [3.05, 3.63) is 58.1 Å². The molecule has 1 atom stereocenters. The molecule has 2 N–H and O–H groups in total. The van der Waals surface area contributed by atoms with Crippen molar-refractivity contribution in [2.45, 2.75) is 12.5 Å². The summed E-state index contributed by atoms with van der Waals surface area (Å²) in [5.41, 5.74) is 1.22. The normalized spacial score (nSPS) is 16.7. The van der Waals surface area contributed by atoms with Gasteiger partial charge in [0.05, 0.1) is 18.2 Å². The third kappa shape index (κ3) is 2.88. The summed E-state index contributed by atoms with van der Waals surface area (Å²) in [6.45, 7) is 0.562. The molecule has 1 heterocycles. The summed E-state index contributed by atoms with van der Waals surface area (Å²) >= 11 is 3.30.